The zero-order chi connectivity index (χ0) is 20.9. The maximum Gasteiger partial charge on any atom is 0.267 e. The van der Waals surface area contributed by atoms with Crippen LogP contribution in [0, 0.1) is 0 Å². The highest BCUT2D eigenvalue weighted by atomic mass is 16.2. The van der Waals surface area contributed by atoms with Crippen LogP contribution in [-0.2, 0) is 6.54 Å². The number of fused-ring (bicyclic) bond motifs is 1. The minimum Gasteiger partial charge on any atom is -0.365 e. The second-order valence-electron chi connectivity index (χ2n) is 6.50. The van der Waals surface area contributed by atoms with E-state index in [9.17, 15) is 9.59 Å². The van der Waals surface area contributed by atoms with Gasteiger partial charge in [0.25, 0.3) is 11.8 Å². The first-order valence-corrected chi connectivity index (χ1v) is 9.20. The van der Waals surface area contributed by atoms with Gasteiger partial charge in [0.05, 0.1) is 5.56 Å². The summed E-state index contributed by atoms with van der Waals surface area (Å²) in [5.74, 6) is -0.157. The number of primary amides is 1. The predicted octanol–water partition coefficient (Wildman–Crippen LogP) is 2.99. The fourth-order valence-corrected chi connectivity index (χ4v) is 3.05. The van der Waals surface area contributed by atoms with Gasteiger partial charge in [0.1, 0.15) is 17.3 Å². The Kier molecular flexibility index (Phi) is 5.29. The molecule has 3 aromatic heterocycles. The molecule has 0 radical (unpaired) electrons. The van der Waals surface area contributed by atoms with Gasteiger partial charge in [-0.2, -0.15) is 0 Å². The zero-order valence-corrected chi connectivity index (χ0v) is 15.9. The number of pyridine rings is 3. The van der Waals surface area contributed by atoms with Crippen LogP contribution in [-0.4, -0.2) is 26.8 Å². The second-order valence-corrected chi connectivity index (χ2v) is 6.50. The molecule has 0 saturated heterocycles. The molecule has 1 aromatic carbocycles. The molecule has 0 saturated carbocycles. The van der Waals surface area contributed by atoms with E-state index in [1.54, 1.807) is 36.7 Å². The number of anilines is 2. The number of amides is 2. The van der Waals surface area contributed by atoms with Crippen molar-refractivity contribution in [3.05, 3.63) is 90.0 Å². The van der Waals surface area contributed by atoms with E-state index in [1.165, 1.54) is 6.20 Å². The average Bonchev–Trinajstić information content (AvgIpc) is 2.78. The number of benzene rings is 1. The van der Waals surface area contributed by atoms with E-state index in [2.05, 4.69) is 25.6 Å². The number of nitrogens with one attached hydrogen (secondary N) is 2. The van der Waals surface area contributed by atoms with Crippen LogP contribution in [0.1, 0.15) is 26.4 Å². The summed E-state index contributed by atoms with van der Waals surface area (Å²) < 4.78 is 0. The van der Waals surface area contributed by atoms with E-state index in [-0.39, 0.29) is 18.1 Å². The Morgan fingerprint density at radius 3 is 2.50 bits per heavy atom. The average molecular weight is 398 g/mol. The Balaban J connectivity index is 1.54. The molecule has 0 atom stereocenters. The van der Waals surface area contributed by atoms with Crippen LogP contribution < -0.4 is 16.4 Å². The Morgan fingerprint density at radius 2 is 1.67 bits per heavy atom. The van der Waals surface area contributed by atoms with E-state index in [0.717, 1.165) is 10.8 Å². The van der Waals surface area contributed by atoms with Gasteiger partial charge in [-0.25, -0.2) is 9.97 Å². The lowest BCUT2D eigenvalue weighted by atomic mass is 10.1. The van der Waals surface area contributed by atoms with Gasteiger partial charge in [-0.05, 0) is 29.7 Å². The molecule has 148 valence electrons. The minimum absolute atomic E-state index is 0.173. The van der Waals surface area contributed by atoms with Gasteiger partial charge >= 0.3 is 0 Å². The number of aromatic nitrogens is 3. The van der Waals surface area contributed by atoms with E-state index < -0.39 is 5.91 Å². The first-order valence-electron chi connectivity index (χ1n) is 9.20. The van der Waals surface area contributed by atoms with Crippen molar-refractivity contribution in [1.29, 1.82) is 0 Å². The Hall–Kier alpha value is -4.33. The van der Waals surface area contributed by atoms with Crippen LogP contribution in [0.5, 0.6) is 0 Å². The molecule has 0 aliphatic rings. The van der Waals surface area contributed by atoms with Crippen molar-refractivity contribution in [3.8, 4) is 0 Å². The molecular weight excluding hydrogens is 380 g/mol. The second kappa shape index (κ2) is 8.36. The predicted molar refractivity (Wildman–Crippen MR) is 114 cm³/mol. The third-order valence-corrected chi connectivity index (χ3v) is 4.50. The van der Waals surface area contributed by atoms with Crippen molar-refractivity contribution in [3.63, 3.8) is 0 Å². The molecule has 0 bridgehead atoms. The smallest absolute Gasteiger partial charge is 0.267 e. The van der Waals surface area contributed by atoms with Gasteiger partial charge in [0.2, 0.25) is 0 Å². The Labute approximate surface area is 172 Å². The standard InChI is InChI=1S/C22H18N6O2/c23-20(29)19-16(7-3-9-24-19)13-27-21-17(8-4-10-25-21)22(30)28-18-11-14-5-1-2-6-15(14)12-26-18/h1-12H,13H2,(H2,23,29)(H,25,27)(H,26,28,30). The van der Waals surface area contributed by atoms with E-state index in [4.69, 9.17) is 5.73 Å². The molecule has 30 heavy (non-hydrogen) atoms. The fraction of sp³-hybridized carbons (Fsp3) is 0.0455. The first-order chi connectivity index (χ1) is 14.6. The number of carbonyl (C=O) groups is 2. The largest absolute Gasteiger partial charge is 0.365 e. The topological polar surface area (TPSA) is 123 Å². The van der Waals surface area contributed by atoms with E-state index in [1.807, 2.05) is 30.3 Å². The molecule has 2 amide bonds. The maximum absolute atomic E-state index is 12.8. The Bertz CT molecular complexity index is 1240. The molecule has 4 aromatic rings. The molecular formula is C22H18N6O2. The summed E-state index contributed by atoms with van der Waals surface area (Å²) in [6, 6.07) is 16.4. The van der Waals surface area contributed by atoms with Gasteiger partial charge in [0, 0.05) is 36.1 Å². The molecule has 3 heterocycles. The molecule has 4 rings (SSSR count). The lowest BCUT2D eigenvalue weighted by Gasteiger charge is -2.12. The van der Waals surface area contributed by atoms with Crippen LogP contribution in [0.4, 0.5) is 11.6 Å². The van der Waals surface area contributed by atoms with Gasteiger partial charge in [0.15, 0.2) is 0 Å². The molecule has 0 unspecified atom stereocenters. The van der Waals surface area contributed by atoms with Crippen molar-refractivity contribution in [1.82, 2.24) is 15.0 Å². The van der Waals surface area contributed by atoms with E-state index in [0.29, 0.717) is 22.8 Å². The van der Waals surface area contributed by atoms with Crippen molar-refractivity contribution in [2.75, 3.05) is 10.6 Å². The van der Waals surface area contributed by atoms with Gasteiger partial charge in [-0.15, -0.1) is 0 Å². The zero-order valence-electron chi connectivity index (χ0n) is 15.9. The monoisotopic (exact) mass is 398 g/mol. The van der Waals surface area contributed by atoms with Crippen LogP contribution in [0.25, 0.3) is 10.8 Å². The Morgan fingerprint density at radius 1 is 0.900 bits per heavy atom. The van der Waals surface area contributed by atoms with Crippen molar-refractivity contribution < 1.29 is 9.59 Å². The number of nitrogens with two attached hydrogens (primary N) is 1. The van der Waals surface area contributed by atoms with Crippen molar-refractivity contribution in [2.24, 2.45) is 5.73 Å². The summed E-state index contributed by atoms with van der Waals surface area (Å²) in [4.78, 5) is 36.9. The highest BCUT2D eigenvalue weighted by Gasteiger charge is 2.15. The van der Waals surface area contributed by atoms with Gasteiger partial charge < -0.3 is 16.4 Å². The maximum atomic E-state index is 12.8. The molecule has 0 spiro atoms. The highest BCUT2D eigenvalue weighted by molar-refractivity contribution is 6.07. The minimum atomic E-state index is -0.617. The van der Waals surface area contributed by atoms with Crippen LogP contribution in [0.3, 0.4) is 0 Å². The summed E-state index contributed by atoms with van der Waals surface area (Å²) >= 11 is 0. The van der Waals surface area contributed by atoms with Crippen LogP contribution in [0.2, 0.25) is 0 Å². The third kappa shape index (κ3) is 4.07. The SMILES string of the molecule is NC(=O)c1ncccc1CNc1ncccc1C(=O)Nc1cc2ccccc2cn1. The molecule has 8 heteroatoms. The normalized spacial score (nSPS) is 10.5. The van der Waals surface area contributed by atoms with Crippen LogP contribution in [0.15, 0.2) is 73.2 Å². The fourth-order valence-electron chi connectivity index (χ4n) is 3.05. The number of rotatable bonds is 6. The summed E-state index contributed by atoms with van der Waals surface area (Å²) in [5.41, 5.74) is 6.50. The van der Waals surface area contributed by atoms with Crippen molar-refractivity contribution in [2.45, 2.75) is 6.54 Å². The molecule has 0 aliphatic heterocycles. The van der Waals surface area contributed by atoms with Crippen molar-refractivity contribution >= 4 is 34.2 Å². The van der Waals surface area contributed by atoms with Gasteiger partial charge in [-0.1, -0.05) is 30.3 Å². The molecule has 0 aliphatic carbocycles. The van der Waals surface area contributed by atoms with E-state index >= 15 is 0 Å². The van der Waals surface area contributed by atoms with Gasteiger partial charge in [-0.3, -0.25) is 14.6 Å². The molecule has 0 fully saturated rings. The lowest BCUT2D eigenvalue weighted by Crippen LogP contribution is -2.19. The summed E-state index contributed by atoms with van der Waals surface area (Å²) in [7, 11) is 0. The quantitative estimate of drug-likeness (QED) is 0.459. The highest BCUT2D eigenvalue weighted by Crippen LogP contribution is 2.19. The number of hydrogen-bond donors (Lipinski definition) is 3. The number of hydrogen-bond acceptors (Lipinski definition) is 6. The first kappa shape index (κ1) is 19.0. The number of nitrogens with zero attached hydrogens (tertiary/aromatic N) is 3. The summed E-state index contributed by atoms with van der Waals surface area (Å²) in [5, 5.41) is 7.84. The van der Waals surface area contributed by atoms with Crippen LogP contribution >= 0.6 is 0 Å². The molecule has 4 N–H and O–H groups in total. The summed E-state index contributed by atoms with van der Waals surface area (Å²) in [6.45, 7) is 0.234. The molecule has 8 nitrogen and oxygen atoms in total. The third-order valence-electron chi connectivity index (χ3n) is 4.50. The number of carbonyl (C=O) groups excluding carboxylic acids is 2. The summed E-state index contributed by atoms with van der Waals surface area (Å²) in [6.07, 6.45) is 4.78. The lowest BCUT2D eigenvalue weighted by molar-refractivity contribution is 0.0992.